The Balaban J connectivity index is 2.05. The third-order valence-electron chi connectivity index (χ3n) is 4.60. The van der Waals surface area contributed by atoms with E-state index in [0.29, 0.717) is 0 Å². The van der Waals surface area contributed by atoms with E-state index in [4.69, 9.17) is 17.0 Å². The molecule has 0 saturated heterocycles. The lowest BCUT2D eigenvalue weighted by atomic mass is 10.0. The van der Waals surface area contributed by atoms with Crippen LogP contribution in [-0.4, -0.2) is 23.4 Å². The second kappa shape index (κ2) is 11.0. The average Bonchev–Trinajstić information content (AvgIpc) is 2.78. The van der Waals surface area contributed by atoms with Crippen molar-refractivity contribution in [1.29, 1.82) is 0 Å². The second-order valence-electron chi connectivity index (χ2n) is 6.75. The molecule has 154 valence electrons. The van der Waals surface area contributed by atoms with E-state index in [1.165, 1.54) is 12.0 Å². The summed E-state index contributed by atoms with van der Waals surface area (Å²) < 4.78 is 7.49. The van der Waals surface area contributed by atoms with Crippen molar-refractivity contribution < 1.29 is 9.53 Å². The Morgan fingerprint density at radius 2 is 1.73 bits per heavy atom. The Kier molecular flexibility index (Phi) is 8.05. The van der Waals surface area contributed by atoms with Gasteiger partial charge in [0.15, 0.2) is 0 Å². The summed E-state index contributed by atoms with van der Waals surface area (Å²) in [5, 5.41) is 0. The summed E-state index contributed by atoms with van der Waals surface area (Å²) in [4.78, 5) is 13.1. The number of hydrogen-bond acceptors (Lipinski definition) is 4. The summed E-state index contributed by atoms with van der Waals surface area (Å²) in [7, 11) is 1.40. The second-order valence-corrected chi connectivity index (χ2v) is 8.25. The van der Waals surface area contributed by atoms with Crippen molar-refractivity contribution in [2.75, 3.05) is 12.9 Å². The van der Waals surface area contributed by atoms with Crippen LogP contribution in [0.4, 0.5) is 0 Å². The topological polar surface area (TPSA) is 31.2 Å². The minimum atomic E-state index is -0.297. The molecule has 5 heteroatoms. The molecule has 3 rings (SSSR count). The van der Waals surface area contributed by atoms with Gasteiger partial charge in [0, 0.05) is 34.2 Å². The minimum Gasteiger partial charge on any atom is -0.468 e. The zero-order valence-electron chi connectivity index (χ0n) is 17.2. The maximum absolute atomic E-state index is 11.9. The fourth-order valence-corrected chi connectivity index (χ4v) is 4.25. The van der Waals surface area contributed by atoms with Crippen molar-refractivity contribution in [2.45, 2.75) is 24.8 Å². The molecule has 0 fully saturated rings. The molecule has 0 spiro atoms. The summed E-state index contributed by atoms with van der Waals surface area (Å²) in [5.41, 5.74) is 3.93. The van der Waals surface area contributed by atoms with Gasteiger partial charge in [0.1, 0.15) is 6.54 Å². The number of benzene rings is 2. The highest BCUT2D eigenvalue weighted by atomic mass is 32.2. The van der Waals surface area contributed by atoms with Gasteiger partial charge in [-0.3, -0.25) is 4.79 Å². The van der Waals surface area contributed by atoms with Crippen LogP contribution < -0.4 is 0 Å². The largest absolute Gasteiger partial charge is 0.468 e. The zero-order chi connectivity index (χ0) is 21.3. The molecule has 1 heterocycles. The van der Waals surface area contributed by atoms with E-state index in [1.807, 2.05) is 47.3 Å². The van der Waals surface area contributed by atoms with Crippen LogP contribution in [0.25, 0.3) is 22.3 Å². The number of ether oxygens (including phenoxy) is 1. The number of aromatic nitrogens is 1. The van der Waals surface area contributed by atoms with Gasteiger partial charge in [-0.1, -0.05) is 73.8 Å². The molecule has 0 N–H and O–H groups in total. The molecule has 0 amide bonds. The molecule has 0 bridgehead atoms. The number of rotatable bonds is 8. The number of pyridine rings is 1. The highest BCUT2D eigenvalue weighted by molar-refractivity contribution is 7.99. The van der Waals surface area contributed by atoms with Gasteiger partial charge in [-0.2, -0.15) is 0 Å². The Bertz CT molecular complexity index is 1090. The van der Waals surface area contributed by atoms with Crippen LogP contribution in [0.15, 0.2) is 84.0 Å². The van der Waals surface area contributed by atoms with Crippen molar-refractivity contribution in [1.82, 2.24) is 4.57 Å². The van der Waals surface area contributed by atoms with E-state index in [2.05, 4.69) is 43.3 Å². The summed E-state index contributed by atoms with van der Waals surface area (Å²) in [6.45, 7) is 2.27. The first-order valence-electron chi connectivity index (χ1n) is 9.87. The standard InChI is InChI=1S/C25H25NO2S2/c1-3-4-8-14-30-21-13-9-12-20(15-21)23-17-26(18-24(27)28-2)16-22(25(23)29)19-10-6-5-7-11-19/h4-13,15-17H,3,14,18H2,1-2H3/b8-4+. The molecule has 0 atom stereocenters. The first-order valence-corrected chi connectivity index (χ1v) is 11.3. The van der Waals surface area contributed by atoms with Crippen molar-refractivity contribution in [3.63, 3.8) is 0 Å². The smallest absolute Gasteiger partial charge is 0.325 e. The predicted molar refractivity (Wildman–Crippen MR) is 128 cm³/mol. The average molecular weight is 436 g/mol. The highest BCUT2D eigenvalue weighted by Crippen LogP contribution is 2.31. The van der Waals surface area contributed by atoms with E-state index in [1.54, 1.807) is 11.8 Å². The molecular formula is C25H25NO2S2. The van der Waals surface area contributed by atoms with Gasteiger partial charge in [-0.05, 0) is 29.7 Å². The number of hydrogen-bond donors (Lipinski definition) is 0. The predicted octanol–water partition coefficient (Wildman–Crippen LogP) is 6.78. The number of methoxy groups -OCH3 is 1. The fraction of sp³-hybridized carbons (Fsp3) is 0.200. The zero-order valence-corrected chi connectivity index (χ0v) is 18.8. The SMILES string of the molecule is CC/C=C/CSc1cccc(-c2cn(CC(=O)OC)cc(-c3ccccc3)c2=S)c1. The number of thioether (sulfide) groups is 1. The number of nitrogens with zero attached hydrogens (tertiary/aromatic N) is 1. The Labute approximate surface area is 187 Å². The van der Waals surface area contributed by atoms with Crippen LogP contribution in [0, 0.1) is 4.51 Å². The number of allylic oxidation sites excluding steroid dienone is 1. The van der Waals surface area contributed by atoms with Crippen molar-refractivity contribution in [3.8, 4) is 22.3 Å². The lowest BCUT2D eigenvalue weighted by Crippen LogP contribution is -2.12. The summed E-state index contributed by atoms with van der Waals surface area (Å²) >= 11 is 7.67. The van der Waals surface area contributed by atoms with Crippen molar-refractivity contribution >= 4 is 29.9 Å². The normalized spacial score (nSPS) is 11.0. The summed E-state index contributed by atoms with van der Waals surface area (Å²) in [5.74, 6) is 0.638. The molecule has 0 aliphatic heterocycles. The molecule has 0 aliphatic rings. The number of esters is 1. The van der Waals surface area contributed by atoms with Gasteiger partial charge < -0.3 is 9.30 Å². The molecule has 2 aromatic carbocycles. The van der Waals surface area contributed by atoms with E-state index in [9.17, 15) is 4.79 Å². The first kappa shape index (κ1) is 22.1. The van der Waals surface area contributed by atoms with Gasteiger partial charge >= 0.3 is 5.97 Å². The summed E-state index contributed by atoms with van der Waals surface area (Å²) in [6, 6.07) is 18.4. The molecule has 3 nitrogen and oxygen atoms in total. The monoisotopic (exact) mass is 435 g/mol. The van der Waals surface area contributed by atoms with Crippen molar-refractivity contribution in [2.24, 2.45) is 0 Å². The van der Waals surface area contributed by atoms with Gasteiger partial charge in [-0.15, -0.1) is 11.8 Å². The Morgan fingerprint density at radius 3 is 2.43 bits per heavy atom. The quantitative estimate of drug-likeness (QED) is 0.169. The van der Waals surface area contributed by atoms with Gasteiger partial charge in [0.2, 0.25) is 0 Å². The van der Waals surface area contributed by atoms with E-state index in [-0.39, 0.29) is 12.5 Å². The maximum atomic E-state index is 11.9. The number of carbonyl (C=O) groups is 1. The highest BCUT2D eigenvalue weighted by Gasteiger charge is 2.11. The van der Waals surface area contributed by atoms with Crippen LogP contribution in [0.2, 0.25) is 0 Å². The van der Waals surface area contributed by atoms with E-state index in [0.717, 1.165) is 38.9 Å². The van der Waals surface area contributed by atoms with Gasteiger partial charge in [0.05, 0.1) is 11.6 Å². The Morgan fingerprint density at radius 1 is 1.03 bits per heavy atom. The third-order valence-corrected chi connectivity index (χ3v) is 5.98. The molecule has 0 unspecified atom stereocenters. The van der Waals surface area contributed by atoms with E-state index >= 15 is 0 Å². The Hall–Kier alpha value is -2.63. The van der Waals surface area contributed by atoms with Gasteiger partial charge in [0.25, 0.3) is 0 Å². The summed E-state index contributed by atoms with van der Waals surface area (Å²) in [6.07, 6.45) is 9.28. The molecule has 0 radical (unpaired) electrons. The molecule has 30 heavy (non-hydrogen) atoms. The molecule has 1 aromatic heterocycles. The van der Waals surface area contributed by atoms with E-state index < -0.39 is 0 Å². The lowest BCUT2D eigenvalue weighted by Gasteiger charge is -2.14. The molecular weight excluding hydrogens is 410 g/mol. The van der Waals surface area contributed by atoms with Crippen LogP contribution >= 0.6 is 24.0 Å². The maximum Gasteiger partial charge on any atom is 0.325 e. The lowest BCUT2D eigenvalue weighted by molar-refractivity contribution is -0.141. The van der Waals surface area contributed by atoms with Crippen LogP contribution in [0.5, 0.6) is 0 Å². The van der Waals surface area contributed by atoms with Crippen LogP contribution in [0.1, 0.15) is 13.3 Å². The van der Waals surface area contributed by atoms with Crippen LogP contribution in [0.3, 0.4) is 0 Å². The number of carbonyl (C=O) groups excluding carboxylic acids is 1. The van der Waals surface area contributed by atoms with Gasteiger partial charge in [-0.25, -0.2) is 0 Å². The molecule has 0 saturated carbocycles. The van der Waals surface area contributed by atoms with Crippen molar-refractivity contribution in [3.05, 3.63) is 83.7 Å². The molecule has 0 aliphatic carbocycles. The molecule has 3 aromatic rings. The van der Waals surface area contributed by atoms with Crippen LogP contribution in [-0.2, 0) is 16.1 Å². The first-order chi connectivity index (χ1) is 14.6. The third kappa shape index (κ3) is 5.71. The fourth-order valence-electron chi connectivity index (χ4n) is 3.10. The minimum absolute atomic E-state index is 0.134.